The van der Waals surface area contributed by atoms with Crippen LogP contribution in [0.3, 0.4) is 0 Å². The summed E-state index contributed by atoms with van der Waals surface area (Å²) in [6.45, 7) is 6.22. The van der Waals surface area contributed by atoms with Crippen molar-refractivity contribution >= 4 is 11.6 Å². The number of hydrogen-bond acceptors (Lipinski definition) is 2. The quantitative estimate of drug-likeness (QED) is 0.836. The fourth-order valence-corrected chi connectivity index (χ4v) is 3.70. The monoisotopic (exact) mass is 292 g/mol. The van der Waals surface area contributed by atoms with Gasteiger partial charge in [-0.1, -0.05) is 30.2 Å². The summed E-state index contributed by atoms with van der Waals surface area (Å²) < 4.78 is 0. The Morgan fingerprint density at radius 3 is 2.20 bits per heavy atom. The van der Waals surface area contributed by atoms with Crippen LogP contribution in [0.25, 0.3) is 0 Å². The van der Waals surface area contributed by atoms with Gasteiger partial charge < -0.3 is 4.90 Å². The molecule has 0 spiro atoms. The van der Waals surface area contributed by atoms with Crippen LogP contribution in [0.4, 0.5) is 0 Å². The summed E-state index contributed by atoms with van der Waals surface area (Å²) >= 11 is 5.94. The van der Waals surface area contributed by atoms with Crippen LogP contribution in [0, 0.1) is 0 Å². The standard InChI is InChI=1S/C17H25ClN2/c18-16-6-4-15(5-7-16)14-19-12-8-17(9-13-19)20-10-2-1-3-11-20/h4-7,17H,1-3,8-14H2. The smallest absolute Gasteiger partial charge is 0.0406 e. The van der Waals surface area contributed by atoms with E-state index in [9.17, 15) is 0 Å². The average Bonchev–Trinajstić information content (AvgIpc) is 2.51. The maximum atomic E-state index is 5.94. The third kappa shape index (κ3) is 3.75. The molecule has 0 amide bonds. The van der Waals surface area contributed by atoms with Crippen molar-refractivity contribution in [2.45, 2.75) is 44.7 Å². The summed E-state index contributed by atoms with van der Waals surface area (Å²) in [5.41, 5.74) is 1.38. The Morgan fingerprint density at radius 1 is 0.900 bits per heavy atom. The summed E-state index contributed by atoms with van der Waals surface area (Å²) in [6.07, 6.45) is 6.93. The van der Waals surface area contributed by atoms with Crippen molar-refractivity contribution in [3.8, 4) is 0 Å². The lowest BCUT2D eigenvalue weighted by Gasteiger charge is -2.40. The fraction of sp³-hybridized carbons (Fsp3) is 0.647. The van der Waals surface area contributed by atoms with E-state index < -0.39 is 0 Å². The first-order valence-corrected chi connectivity index (χ1v) is 8.40. The highest BCUT2D eigenvalue weighted by molar-refractivity contribution is 6.30. The minimum absolute atomic E-state index is 0.831. The first kappa shape index (κ1) is 14.4. The summed E-state index contributed by atoms with van der Waals surface area (Å²) in [5, 5.41) is 0.831. The molecular weight excluding hydrogens is 268 g/mol. The van der Waals surface area contributed by atoms with Gasteiger partial charge in [0, 0.05) is 17.6 Å². The lowest BCUT2D eigenvalue weighted by Crippen LogP contribution is -2.46. The van der Waals surface area contributed by atoms with Crippen LogP contribution in [0.1, 0.15) is 37.7 Å². The molecular formula is C17H25ClN2. The molecule has 0 unspecified atom stereocenters. The molecule has 0 bridgehead atoms. The van der Waals surface area contributed by atoms with Gasteiger partial charge in [0.1, 0.15) is 0 Å². The van der Waals surface area contributed by atoms with E-state index in [1.807, 2.05) is 12.1 Å². The zero-order valence-corrected chi connectivity index (χ0v) is 13.0. The van der Waals surface area contributed by atoms with E-state index in [1.165, 1.54) is 63.8 Å². The predicted octanol–water partition coefficient (Wildman–Crippen LogP) is 3.79. The number of nitrogens with zero attached hydrogens (tertiary/aromatic N) is 2. The Kier molecular flexibility index (Phi) is 4.98. The van der Waals surface area contributed by atoms with Crippen LogP contribution in [0.5, 0.6) is 0 Å². The molecule has 1 aromatic carbocycles. The second-order valence-electron chi connectivity index (χ2n) is 6.23. The van der Waals surface area contributed by atoms with E-state index in [0.29, 0.717) is 0 Å². The molecule has 0 N–H and O–H groups in total. The zero-order chi connectivity index (χ0) is 13.8. The van der Waals surface area contributed by atoms with Crippen LogP contribution < -0.4 is 0 Å². The summed E-state index contributed by atoms with van der Waals surface area (Å²) in [5.74, 6) is 0. The highest BCUT2D eigenvalue weighted by Crippen LogP contribution is 2.22. The van der Waals surface area contributed by atoms with Gasteiger partial charge in [0.15, 0.2) is 0 Å². The molecule has 2 saturated heterocycles. The molecule has 3 heteroatoms. The van der Waals surface area contributed by atoms with Crippen LogP contribution in [0.15, 0.2) is 24.3 Å². The molecule has 2 fully saturated rings. The molecule has 2 heterocycles. The lowest BCUT2D eigenvalue weighted by molar-refractivity contribution is 0.0896. The zero-order valence-electron chi connectivity index (χ0n) is 12.2. The van der Waals surface area contributed by atoms with E-state index >= 15 is 0 Å². The molecule has 0 atom stereocenters. The molecule has 1 aromatic rings. The van der Waals surface area contributed by atoms with Gasteiger partial charge in [0.2, 0.25) is 0 Å². The highest BCUT2D eigenvalue weighted by Gasteiger charge is 2.25. The summed E-state index contributed by atoms with van der Waals surface area (Å²) in [7, 11) is 0. The molecule has 2 aliphatic rings. The molecule has 3 rings (SSSR count). The number of rotatable bonds is 3. The Hall–Kier alpha value is -0.570. The van der Waals surface area contributed by atoms with Crippen LogP contribution in [0.2, 0.25) is 5.02 Å². The number of piperidine rings is 2. The van der Waals surface area contributed by atoms with Gasteiger partial charge in [-0.05, 0) is 69.6 Å². The minimum atomic E-state index is 0.831. The van der Waals surface area contributed by atoms with Gasteiger partial charge in [-0.25, -0.2) is 0 Å². The Balaban J connectivity index is 1.47. The fourth-order valence-electron chi connectivity index (χ4n) is 3.57. The lowest BCUT2D eigenvalue weighted by atomic mass is 9.99. The largest absolute Gasteiger partial charge is 0.300 e. The van der Waals surface area contributed by atoms with Crippen molar-refractivity contribution in [2.75, 3.05) is 26.2 Å². The van der Waals surface area contributed by atoms with E-state index in [2.05, 4.69) is 21.9 Å². The van der Waals surface area contributed by atoms with Crippen LogP contribution in [-0.2, 0) is 6.54 Å². The minimum Gasteiger partial charge on any atom is -0.300 e. The average molecular weight is 293 g/mol. The highest BCUT2D eigenvalue weighted by atomic mass is 35.5. The predicted molar refractivity (Wildman–Crippen MR) is 85.2 cm³/mol. The molecule has 0 radical (unpaired) electrons. The molecule has 0 saturated carbocycles. The number of hydrogen-bond donors (Lipinski definition) is 0. The van der Waals surface area contributed by atoms with E-state index in [0.717, 1.165) is 17.6 Å². The van der Waals surface area contributed by atoms with Gasteiger partial charge in [0.25, 0.3) is 0 Å². The molecule has 2 nitrogen and oxygen atoms in total. The normalized spacial score (nSPS) is 23.1. The molecule has 2 aliphatic heterocycles. The Morgan fingerprint density at radius 2 is 1.55 bits per heavy atom. The molecule has 20 heavy (non-hydrogen) atoms. The van der Waals surface area contributed by atoms with Gasteiger partial charge >= 0.3 is 0 Å². The van der Waals surface area contributed by atoms with E-state index in [4.69, 9.17) is 11.6 Å². The maximum Gasteiger partial charge on any atom is 0.0406 e. The summed E-state index contributed by atoms with van der Waals surface area (Å²) in [6, 6.07) is 9.14. The number of likely N-dealkylation sites (tertiary alicyclic amines) is 2. The van der Waals surface area contributed by atoms with Gasteiger partial charge in [-0.15, -0.1) is 0 Å². The SMILES string of the molecule is Clc1ccc(CN2CCC(N3CCCCC3)CC2)cc1. The molecule has 0 aliphatic carbocycles. The van der Waals surface area contributed by atoms with E-state index in [-0.39, 0.29) is 0 Å². The van der Waals surface area contributed by atoms with E-state index in [1.54, 1.807) is 0 Å². The Labute approximate surface area is 127 Å². The van der Waals surface area contributed by atoms with Crippen molar-refractivity contribution in [2.24, 2.45) is 0 Å². The molecule has 0 aromatic heterocycles. The van der Waals surface area contributed by atoms with Crippen molar-refractivity contribution in [3.63, 3.8) is 0 Å². The topological polar surface area (TPSA) is 6.48 Å². The van der Waals surface area contributed by atoms with Gasteiger partial charge in [0.05, 0.1) is 0 Å². The first-order chi connectivity index (χ1) is 9.81. The van der Waals surface area contributed by atoms with Crippen molar-refractivity contribution in [1.82, 2.24) is 9.80 Å². The third-order valence-electron chi connectivity index (χ3n) is 4.78. The van der Waals surface area contributed by atoms with Gasteiger partial charge in [-0.2, -0.15) is 0 Å². The number of benzene rings is 1. The van der Waals surface area contributed by atoms with Gasteiger partial charge in [-0.3, -0.25) is 4.90 Å². The van der Waals surface area contributed by atoms with Crippen molar-refractivity contribution < 1.29 is 0 Å². The Bertz CT molecular complexity index is 404. The third-order valence-corrected chi connectivity index (χ3v) is 5.04. The van der Waals surface area contributed by atoms with Crippen LogP contribution in [-0.4, -0.2) is 42.0 Å². The second kappa shape index (κ2) is 6.93. The maximum absolute atomic E-state index is 5.94. The second-order valence-corrected chi connectivity index (χ2v) is 6.67. The first-order valence-electron chi connectivity index (χ1n) is 8.02. The van der Waals surface area contributed by atoms with Crippen LogP contribution >= 0.6 is 11.6 Å². The number of halogens is 1. The van der Waals surface area contributed by atoms with Crippen molar-refractivity contribution in [3.05, 3.63) is 34.9 Å². The summed E-state index contributed by atoms with van der Waals surface area (Å²) in [4.78, 5) is 5.33. The molecule has 110 valence electrons. The van der Waals surface area contributed by atoms with Crippen molar-refractivity contribution in [1.29, 1.82) is 0 Å².